The third kappa shape index (κ3) is 4.16. The molecule has 3 unspecified atom stereocenters. The Balaban J connectivity index is 1.58. The highest BCUT2D eigenvalue weighted by Gasteiger charge is 2.65. The standard InChI is InChI=1S/C29H29NO4S/c1-19-14-16-21(17-15-19)35(32,33)30-23-13-9-8-12-22(23)25-26(27(25)30)24(34-28(31)29(2,3)4)18-20-10-6-5-7-11-20/h5-18,25-27H,1-4H3/b24-18-. The van der Waals surface area contributed by atoms with Gasteiger partial charge in [0, 0.05) is 11.8 Å². The Morgan fingerprint density at radius 3 is 2.20 bits per heavy atom. The zero-order valence-electron chi connectivity index (χ0n) is 20.3. The van der Waals surface area contributed by atoms with E-state index in [1.807, 2.05) is 101 Å². The van der Waals surface area contributed by atoms with Crippen molar-refractivity contribution >= 4 is 27.8 Å². The van der Waals surface area contributed by atoms with Crippen LogP contribution < -0.4 is 4.31 Å². The predicted octanol–water partition coefficient (Wildman–Crippen LogP) is 5.92. The van der Waals surface area contributed by atoms with Crippen LogP contribution in [0.2, 0.25) is 0 Å². The minimum atomic E-state index is -3.81. The first-order valence-corrected chi connectivity index (χ1v) is 13.2. The first-order chi connectivity index (χ1) is 16.6. The summed E-state index contributed by atoms with van der Waals surface area (Å²) >= 11 is 0. The van der Waals surface area contributed by atoms with Crippen LogP contribution in [0.3, 0.4) is 0 Å². The number of rotatable bonds is 5. The minimum absolute atomic E-state index is 0.0749. The Hall–Kier alpha value is -3.38. The van der Waals surface area contributed by atoms with Crippen LogP contribution >= 0.6 is 0 Å². The highest BCUT2D eigenvalue weighted by atomic mass is 32.2. The Labute approximate surface area is 207 Å². The van der Waals surface area contributed by atoms with E-state index in [0.29, 0.717) is 11.4 Å². The van der Waals surface area contributed by atoms with Gasteiger partial charge in [-0.25, -0.2) is 8.42 Å². The zero-order chi connectivity index (χ0) is 25.0. The number of aryl methyl sites for hydroxylation is 1. The Kier molecular flexibility index (Phi) is 5.59. The molecule has 3 aromatic rings. The van der Waals surface area contributed by atoms with Crippen molar-refractivity contribution in [2.75, 3.05) is 4.31 Å². The van der Waals surface area contributed by atoms with Gasteiger partial charge in [0.05, 0.1) is 22.0 Å². The summed E-state index contributed by atoms with van der Waals surface area (Å²) in [5, 5.41) is 0. The molecule has 6 heteroatoms. The van der Waals surface area contributed by atoms with E-state index in [1.54, 1.807) is 12.1 Å². The molecule has 0 aromatic heterocycles. The number of anilines is 1. The summed E-state index contributed by atoms with van der Waals surface area (Å²) < 4.78 is 35.2. The monoisotopic (exact) mass is 487 g/mol. The Morgan fingerprint density at radius 2 is 1.54 bits per heavy atom. The van der Waals surface area contributed by atoms with E-state index in [1.165, 1.54) is 4.31 Å². The molecule has 1 aliphatic heterocycles. The van der Waals surface area contributed by atoms with Crippen LogP contribution in [0.15, 0.2) is 89.5 Å². The third-order valence-electron chi connectivity index (χ3n) is 6.62. The second kappa shape index (κ2) is 8.38. The molecule has 1 saturated carbocycles. The van der Waals surface area contributed by atoms with Crippen molar-refractivity contribution in [3.63, 3.8) is 0 Å². The van der Waals surface area contributed by atoms with Gasteiger partial charge in [0.1, 0.15) is 5.76 Å². The maximum absolute atomic E-state index is 13.9. The largest absolute Gasteiger partial charge is 0.430 e. The smallest absolute Gasteiger partial charge is 0.316 e. The molecular formula is C29H29NO4S. The van der Waals surface area contributed by atoms with Crippen LogP contribution in [-0.2, 0) is 19.6 Å². The van der Waals surface area contributed by atoms with Gasteiger partial charge in [-0.05, 0) is 63.1 Å². The van der Waals surface area contributed by atoms with Crippen LogP contribution in [0.4, 0.5) is 5.69 Å². The van der Waals surface area contributed by atoms with Crippen molar-refractivity contribution < 1.29 is 17.9 Å². The molecule has 1 fully saturated rings. The second-order valence-corrected chi connectivity index (χ2v) is 12.1. The van der Waals surface area contributed by atoms with Gasteiger partial charge >= 0.3 is 5.97 Å². The van der Waals surface area contributed by atoms with Crippen LogP contribution in [0.5, 0.6) is 0 Å². The van der Waals surface area contributed by atoms with Crippen molar-refractivity contribution in [1.29, 1.82) is 0 Å². The second-order valence-electron chi connectivity index (χ2n) is 10.3. The molecule has 35 heavy (non-hydrogen) atoms. The number of hydrogen-bond acceptors (Lipinski definition) is 4. The van der Waals surface area contributed by atoms with Gasteiger partial charge in [-0.2, -0.15) is 0 Å². The van der Waals surface area contributed by atoms with Gasteiger partial charge in [-0.15, -0.1) is 0 Å². The fourth-order valence-electron chi connectivity index (χ4n) is 4.72. The number of carbonyl (C=O) groups excluding carboxylic acids is 1. The number of esters is 1. The lowest BCUT2D eigenvalue weighted by Gasteiger charge is -2.25. The molecule has 1 aliphatic carbocycles. The fraction of sp³-hybridized carbons (Fsp3) is 0.276. The molecule has 5 nitrogen and oxygen atoms in total. The summed E-state index contributed by atoms with van der Waals surface area (Å²) in [7, 11) is -3.81. The molecular weight excluding hydrogens is 458 g/mol. The Bertz CT molecular complexity index is 1400. The van der Waals surface area contributed by atoms with Gasteiger partial charge in [-0.1, -0.05) is 66.2 Å². The number of benzene rings is 3. The highest BCUT2D eigenvalue weighted by molar-refractivity contribution is 7.93. The van der Waals surface area contributed by atoms with Crippen LogP contribution in [0.25, 0.3) is 6.08 Å². The van der Waals surface area contributed by atoms with Crippen molar-refractivity contribution in [3.8, 4) is 0 Å². The third-order valence-corrected chi connectivity index (χ3v) is 8.45. The zero-order valence-corrected chi connectivity index (χ0v) is 21.1. The molecule has 0 amide bonds. The number of para-hydroxylation sites is 1. The summed E-state index contributed by atoms with van der Waals surface area (Å²) in [6.07, 6.45) is 1.87. The first kappa shape index (κ1) is 23.4. The molecule has 2 aliphatic rings. The van der Waals surface area contributed by atoms with Gasteiger partial charge in [0.15, 0.2) is 0 Å². The molecule has 0 bridgehead atoms. The molecule has 3 atom stereocenters. The molecule has 5 rings (SSSR count). The van der Waals surface area contributed by atoms with E-state index in [4.69, 9.17) is 4.74 Å². The lowest BCUT2D eigenvalue weighted by atomic mass is 9.97. The van der Waals surface area contributed by atoms with Crippen LogP contribution in [-0.4, -0.2) is 20.4 Å². The molecule has 3 aromatic carbocycles. The SMILES string of the molecule is Cc1ccc(S(=O)(=O)N2c3ccccc3C3C(/C(=C/c4ccccc4)OC(=O)C(C)(C)C)C32)cc1. The summed E-state index contributed by atoms with van der Waals surface area (Å²) in [4.78, 5) is 13.2. The summed E-state index contributed by atoms with van der Waals surface area (Å²) in [5.74, 6) is -0.165. The first-order valence-electron chi connectivity index (χ1n) is 11.8. The Morgan fingerprint density at radius 1 is 0.914 bits per heavy atom. The number of hydrogen-bond donors (Lipinski definition) is 0. The normalized spacial score (nSPS) is 21.3. The van der Waals surface area contributed by atoms with E-state index in [9.17, 15) is 13.2 Å². The fourth-order valence-corrected chi connectivity index (χ4v) is 6.44. The summed E-state index contributed by atoms with van der Waals surface area (Å²) in [5.41, 5.74) is 2.86. The van der Waals surface area contributed by atoms with Crippen molar-refractivity contribution in [2.24, 2.45) is 11.3 Å². The number of sulfonamides is 1. The van der Waals surface area contributed by atoms with Crippen LogP contribution in [0, 0.1) is 18.3 Å². The van der Waals surface area contributed by atoms with E-state index < -0.39 is 15.4 Å². The average Bonchev–Trinajstić information content (AvgIpc) is 3.43. The molecule has 0 N–H and O–H groups in total. The average molecular weight is 488 g/mol. The molecule has 1 heterocycles. The number of ether oxygens (including phenoxy) is 1. The minimum Gasteiger partial charge on any atom is -0.430 e. The van der Waals surface area contributed by atoms with Gasteiger partial charge in [0.25, 0.3) is 10.0 Å². The highest BCUT2D eigenvalue weighted by Crippen LogP contribution is 2.64. The van der Waals surface area contributed by atoms with E-state index in [0.717, 1.165) is 16.7 Å². The number of fused-ring (bicyclic) bond motifs is 3. The van der Waals surface area contributed by atoms with Crippen molar-refractivity contribution in [1.82, 2.24) is 0 Å². The molecule has 0 spiro atoms. The predicted molar refractivity (Wildman–Crippen MR) is 137 cm³/mol. The van der Waals surface area contributed by atoms with E-state index in [2.05, 4.69) is 0 Å². The van der Waals surface area contributed by atoms with E-state index in [-0.39, 0.29) is 28.7 Å². The van der Waals surface area contributed by atoms with Crippen molar-refractivity contribution in [3.05, 3.63) is 101 Å². The lowest BCUT2D eigenvalue weighted by Crippen LogP contribution is -2.33. The van der Waals surface area contributed by atoms with Gasteiger partial charge in [-0.3, -0.25) is 9.10 Å². The van der Waals surface area contributed by atoms with Crippen molar-refractivity contribution in [2.45, 2.75) is 44.6 Å². The quantitative estimate of drug-likeness (QED) is 0.331. The van der Waals surface area contributed by atoms with Gasteiger partial charge in [0.2, 0.25) is 0 Å². The van der Waals surface area contributed by atoms with Crippen LogP contribution in [0.1, 0.15) is 43.4 Å². The topological polar surface area (TPSA) is 63.7 Å². The van der Waals surface area contributed by atoms with E-state index >= 15 is 0 Å². The molecule has 180 valence electrons. The summed E-state index contributed by atoms with van der Waals surface area (Å²) in [6, 6.07) is 23.8. The lowest BCUT2D eigenvalue weighted by molar-refractivity contribution is -0.148. The molecule has 0 radical (unpaired) electrons. The number of nitrogens with zero attached hydrogens (tertiary/aromatic N) is 1. The number of carbonyl (C=O) groups is 1. The van der Waals surface area contributed by atoms with Gasteiger partial charge < -0.3 is 4.74 Å². The summed E-state index contributed by atoms with van der Waals surface area (Å²) in [6.45, 7) is 7.37. The molecule has 0 saturated heterocycles. The maximum Gasteiger partial charge on any atom is 0.316 e. The maximum atomic E-state index is 13.9.